The second-order valence-electron chi connectivity index (χ2n) is 5.65. The van der Waals surface area contributed by atoms with Crippen LogP contribution in [0.5, 0.6) is 5.75 Å². The predicted octanol–water partition coefficient (Wildman–Crippen LogP) is 2.50. The van der Waals surface area contributed by atoms with Crippen LogP contribution in [0.2, 0.25) is 0 Å². The first-order valence-electron chi connectivity index (χ1n) is 8.31. The molecule has 0 aliphatic carbocycles. The molecule has 0 atom stereocenters. The van der Waals surface area contributed by atoms with E-state index in [4.69, 9.17) is 4.74 Å². The summed E-state index contributed by atoms with van der Waals surface area (Å²) in [5.74, 6) is 0.322. The number of rotatable bonds is 10. The van der Waals surface area contributed by atoms with Crippen LogP contribution < -0.4 is 10.1 Å². The molecular formula is C17H23N3O5S. The molecule has 142 valence electrons. The molecule has 26 heavy (non-hydrogen) atoms. The molecule has 0 fully saturated rings. The summed E-state index contributed by atoms with van der Waals surface area (Å²) in [7, 11) is -2.30. The highest BCUT2D eigenvalue weighted by atomic mass is 32.2. The number of amides is 1. The molecule has 8 nitrogen and oxygen atoms in total. The standard InChI is InChI=1S/C17H23N3O5S/c1-3-4-5-11-20(13-17(21)18-16-10-12-25-19-16)26(22,23)15-8-6-14(24-2)7-9-15/h6-10,12H,3-5,11,13H2,1-2H3,(H,18,19,21). The number of benzene rings is 1. The summed E-state index contributed by atoms with van der Waals surface area (Å²) in [6.45, 7) is 1.99. The van der Waals surface area contributed by atoms with Crippen LogP contribution >= 0.6 is 0 Å². The number of carbonyl (C=O) groups excluding carboxylic acids is 1. The molecule has 0 aliphatic rings. The zero-order valence-corrected chi connectivity index (χ0v) is 15.7. The maximum absolute atomic E-state index is 12.9. The minimum Gasteiger partial charge on any atom is -0.497 e. The Labute approximate surface area is 153 Å². The van der Waals surface area contributed by atoms with Gasteiger partial charge in [-0.05, 0) is 30.7 Å². The molecule has 0 saturated heterocycles. The van der Waals surface area contributed by atoms with Gasteiger partial charge in [0.1, 0.15) is 12.0 Å². The molecule has 0 saturated carbocycles. The van der Waals surface area contributed by atoms with E-state index >= 15 is 0 Å². The van der Waals surface area contributed by atoms with Gasteiger partial charge in [-0.25, -0.2) is 8.42 Å². The third-order valence-corrected chi connectivity index (χ3v) is 5.59. The number of carbonyl (C=O) groups is 1. The number of hydrogen-bond acceptors (Lipinski definition) is 6. The largest absolute Gasteiger partial charge is 0.497 e. The minimum absolute atomic E-state index is 0.115. The van der Waals surface area contributed by atoms with E-state index in [0.717, 1.165) is 12.8 Å². The van der Waals surface area contributed by atoms with E-state index in [2.05, 4.69) is 15.0 Å². The Morgan fingerprint density at radius 3 is 2.54 bits per heavy atom. The van der Waals surface area contributed by atoms with Crippen molar-refractivity contribution in [3.05, 3.63) is 36.6 Å². The lowest BCUT2D eigenvalue weighted by atomic mass is 10.2. The maximum atomic E-state index is 12.9. The van der Waals surface area contributed by atoms with Gasteiger partial charge in [-0.15, -0.1) is 0 Å². The molecule has 2 rings (SSSR count). The zero-order chi connectivity index (χ0) is 19.0. The first kappa shape index (κ1) is 19.9. The van der Waals surface area contributed by atoms with Gasteiger partial charge >= 0.3 is 0 Å². The van der Waals surface area contributed by atoms with Crippen molar-refractivity contribution in [2.45, 2.75) is 31.1 Å². The highest BCUT2D eigenvalue weighted by Gasteiger charge is 2.26. The number of methoxy groups -OCH3 is 1. The summed E-state index contributed by atoms with van der Waals surface area (Å²) in [5.41, 5.74) is 0. The van der Waals surface area contributed by atoms with Crippen molar-refractivity contribution in [1.82, 2.24) is 9.46 Å². The third-order valence-electron chi connectivity index (χ3n) is 3.73. The van der Waals surface area contributed by atoms with E-state index in [9.17, 15) is 13.2 Å². The fourth-order valence-electron chi connectivity index (χ4n) is 2.34. The average molecular weight is 381 g/mol. The van der Waals surface area contributed by atoms with E-state index in [-0.39, 0.29) is 23.8 Å². The van der Waals surface area contributed by atoms with Gasteiger partial charge < -0.3 is 14.6 Å². The molecule has 1 N–H and O–H groups in total. The van der Waals surface area contributed by atoms with Gasteiger partial charge in [0.25, 0.3) is 0 Å². The number of hydrogen-bond donors (Lipinski definition) is 1. The van der Waals surface area contributed by atoms with E-state index in [0.29, 0.717) is 12.2 Å². The number of sulfonamides is 1. The van der Waals surface area contributed by atoms with Crippen LogP contribution in [0.1, 0.15) is 26.2 Å². The Morgan fingerprint density at radius 1 is 1.23 bits per heavy atom. The van der Waals surface area contributed by atoms with Crippen LogP contribution in [-0.4, -0.2) is 44.0 Å². The summed E-state index contributed by atoms with van der Waals surface area (Å²) < 4.78 is 36.8. The third kappa shape index (κ3) is 5.30. The van der Waals surface area contributed by atoms with Crippen molar-refractivity contribution < 1.29 is 22.5 Å². The van der Waals surface area contributed by atoms with Gasteiger partial charge in [0.2, 0.25) is 15.9 Å². The Kier molecular flexibility index (Phi) is 7.16. The van der Waals surface area contributed by atoms with Crippen molar-refractivity contribution in [1.29, 1.82) is 0 Å². The first-order valence-corrected chi connectivity index (χ1v) is 9.75. The molecular weight excluding hydrogens is 358 g/mol. The van der Waals surface area contributed by atoms with E-state index in [1.807, 2.05) is 6.92 Å². The van der Waals surface area contributed by atoms with Crippen LogP contribution in [0.4, 0.5) is 5.82 Å². The first-order chi connectivity index (χ1) is 12.5. The SMILES string of the molecule is CCCCCN(CC(=O)Nc1ccon1)S(=O)(=O)c1ccc(OC)cc1. The summed E-state index contributed by atoms with van der Waals surface area (Å²) in [6, 6.07) is 7.57. The minimum atomic E-state index is -3.81. The molecule has 9 heteroatoms. The van der Waals surface area contributed by atoms with E-state index in [1.54, 1.807) is 12.1 Å². The lowest BCUT2D eigenvalue weighted by Gasteiger charge is -2.21. The van der Waals surface area contributed by atoms with Crippen LogP contribution in [0.15, 0.2) is 46.0 Å². The molecule has 0 unspecified atom stereocenters. The summed E-state index contributed by atoms with van der Waals surface area (Å²) >= 11 is 0. The molecule has 0 radical (unpaired) electrons. The van der Waals surface area contributed by atoms with Gasteiger partial charge in [-0.2, -0.15) is 4.31 Å². The van der Waals surface area contributed by atoms with E-state index in [1.165, 1.54) is 35.9 Å². The molecule has 1 heterocycles. The summed E-state index contributed by atoms with van der Waals surface area (Å²) in [6.07, 6.45) is 3.81. The Balaban J connectivity index is 2.16. The average Bonchev–Trinajstić information content (AvgIpc) is 3.14. The van der Waals surface area contributed by atoms with E-state index < -0.39 is 15.9 Å². The van der Waals surface area contributed by atoms with Gasteiger partial charge in [-0.1, -0.05) is 24.9 Å². The Morgan fingerprint density at radius 2 is 1.96 bits per heavy atom. The van der Waals surface area contributed by atoms with Crippen LogP contribution in [0, 0.1) is 0 Å². The smallest absolute Gasteiger partial charge is 0.243 e. The van der Waals surface area contributed by atoms with Crippen molar-refractivity contribution in [3.8, 4) is 5.75 Å². The van der Waals surface area contributed by atoms with Gasteiger partial charge in [-0.3, -0.25) is 4.79 Å². The van der Waals surface area contributed by atoms with Crippen molar-refractivity contribution in [2.24, 2.45) is 0 Å². The number of nitrogens with zero attached hydrogens (tertiary/aromatic N) is 2. The molecule has 0 aliphatic heterocycles. The Hall–Kier alpha value is -2.39. The van der Waals surface area contributed by atoms with Crippen LogP contribution in [-0.2, 0) is 14.8 Å². The van der Waals surface area contributed by atoms with Crippen molar-refractivity contribution >= 4 is 21.7 Å². The molecule has 1 aromatic carbocycles. The zero-order valence-electron chi connectivity index (χ0n) is 14.8. The number of aromatic nitrogens is 1. The highest BCUT2D eigenvalue weighted by Crippen LogP contribution is 2.20. The summed E-state index contributed by atoms with van der Waals surface area (Å²) in [5, 5.41) is 6.10. The van der Waals surface area contributed by atoms with Crippen LogP contribution in [0.25, 0.3) is 0 Å². The van der Waals surface area contributed by atoms with Crippen molar-refractivity contribution in [3.63, 3.8) is 0 Å². The fraction of sp³-hybridized carbons (Fsp3) is 0.412. The lowest BCUT2D eigenvalue weighted by molar-refractivity contribution is -0.116. The number of ether oxygens (including phenoxy) is 1. The monoisotopic (exact) mass is 381 g/mol. The molecule has 0 spiro atoms. The second kappa shape index (κ2) is 9.35. The second-order valence-corrected chi connectivity index (χ2v) is 7.59. The predicted molar refractivity (Wildman–Crippen MR) is 96.4 cm³/mol. The number of unbranched alkanes of at least 4 members (excludes halogenated alkanes) is 2. The lowest BCUT2D eigenvalue weighted by Crippen LogP contribution is -2.38. The van der Waals surface area contributed by atoms with Crippen molar-refractivity contribution in [2.75, 3.05) is 25.5 Å². The maximum Gasteiger partial charge on any atom is 0.243 e. The van der Waals surface area contributed by atoms with Gasteiger partial charge in [0, 0.05) is 12.6 Å². The summed E-state index contributed by atoms with van der Waals surface area (Å²) in [4.78, 5) is 12.3. The molecule has 2 aromatic rings. The topological polar surface area (TPSA) is 102 Å². The van der Waals surface area contributed by atoms with Gasteiger partial charge in [0.15, 0.2) is 5.82 Å². The normalized spacial score (nSPS) is 11.5. The van der Waals surface area contributed by atoms with Crippen LogP contribution in [0.3, 0.4) is 0 Å². The number of nitrogens with one attached hydrogen (secondary N) is 1. The molecule has 0 bridgehead atoms. The molecule has 1 amide bonds. The van der Waals surface area contributed by atoms with Gasteiger partial charge in [0.05, 0.1) is 18.6 Å². The quantitative estimate of drug-likeness (QED) is 0.635. The number of anilines is 1. The molecule has 1 aromatic heterocycles. The Bertz CT molecular complexity index is 788. The highest BCUT2D eigenvalue weighted by molar-refractivity contribution is 7.89. The fourth-order valence-corrected chi connectivity index (χ4v) is 3.77.